The first-order valence-corrected chi connectivity index (χ1v) is 11.4. The summed E-state index contributed by atoms with van der Waals surface area (Å²) in [5, 5.41) is 2.42. The van der Waals surface area contributed by atoms with Gasteiger partial charge in [0.15, 0.2) is 0 Å². The molecule has 1 aromatic heterocycles. The van der Waals surface area contributed by atoms with Crippen molar-refractivity contribution in [1.29, 1.82) is 0 Å². The molecule has 0 saturated carbocycles. The number of halogens is 1. The van der Waals surface area contributed by atoms with E-state index in [1.165, 1.54) is 5.69 Å². The van der Waals surface area contributed by atoms with E-state index < -0.39 is 0 Å². The summed E-state index contributed by atoms with van der Waals surface area (Å²) in [4.78, 5) is 7.28. The lowest BCUT2D eigenvalue weighted by molar-refractivity contribution is 0.340. The van der Waals surface area contributed by atoms with E-state index in [1.54, 1.807) is 0 Å². The molecule has 0 amide bonds. The predicted molar refractivity (Wildman–Crippen MR) is 133 cm³/mol. The summed E-state index contributed by atoms with van der Waals surface area (Å²) in [6.45, 7) is 8.85. The summed E-state index contributed by atoms with van der Waals surface area (Å²) in [7, 11) is 0. The number of nitrogens with zero attached hydrogens (tertiary/aromatic N) is 2. The van der Waals surface area contributed by atoms with Crippen LogP contribution in [0, 0.1) is 0 Å². The summed E-state index contributed by atoms with van der Waals surface area (Å²) >= 11 is 6.07. The summed E-state index contributed by atoms with van der Waals surface area (Å²) in [5.74, 6) is 1.53. The van der Waals surface area contributed by atoms with Gasteiger partial charge in [-0.3, -0.25) is 0 Å². The minimum Gasteiger partial charge on any atom is -0.494 e. The number of fused-ring (bicyclic) bond motifs is 1. The molecule has 4 aromatic rings. The Bertz CT molecular complexity index is 1260. The van der Waals surface area contributed by atoms with Gasteiger partial charge in [-0.1, -0.05) is 11.6 Å². The van der Waals surface area contributed by atoms with Crippen LogP contribution in [0.25, 0.3) is 22.3 Å². The van der Waals surface area contributed by atoms with Crippen molar-refractivity contribution in [3.05, 3.63) is 83.2 Å². The van der Waals surface area contributed by atoms with Gasteiger partial charge in [0.05, 0.1) is 17.7 Å². The average Bonchev–Trinajstić information content (AvgIpc) is 2.82. The standard InChI is InChI=1S/C27H27ClN2O2/c1-4-30(5-2)22-13-11-21(12-14-22)29-25-18-27(19-7-9-20(28)10-8-19)32-26-16-15-23(31-6-3)17-24(25)26/h7-18H,4-6H2,1-3H3. The fraction of sp³-hybridized carbons (Fsp3) is 0.222. The molecule has 0 spiro atoms. The van der Waals surface area contributed by atoms with E-state index in [2.05, 4.69) is 43.0 Å². The van der Waals surface area contributed by atoms with Crippen LogP contribution in [0.2, 0.25) is 5.02 Å². The third kappa shape index (κ3) is 4.81. The summed E-state index contributed by atoms with van der Waals surface area (Å²) in [5.41, 5.74) is 3.78. The normalized spacial score (nSPS) is 11.7. The zero-order valence-electron chi connectivity index (χ0n) is 18.6. The van der Waals surface area contributed by atoms with Gasteiger partial charge in [0.1, 0.15) is 17.1 Å². The van der Waals surface area contributed by atoms with Crippen molar-refractivity contribution in [3.8, 4) is 17.1 Å². The maximum absolute atomic E-state index is 6.21. The molecule has 0 atom stereocenters. The number of hydrogen-bond acceptors (Lipinski definition) is 4. The molecule has 0 N–H and O–H groups in total. The van der Waals surface area contributed by atoms with Gasteiger partial charge >= 0.3 is 0 Å². The monoisotopic (exact) mass is 446 g/mol. The van der Waals surface area contributed by atoms with E-state index in [0.717, 1.165) is 52.2 Å². The maximum Gasteiger partial charge on any atom is 0.137 e. The highest BCUT2D eigenvalue weighted by Gasteiger charge is 2.08. The van der Waals surface area contributed by atoms with Gasteiger partial charge in [-0.05, 0) is 87.5 Å². The summed E-state index contributed by atoms with van der Waals surface area (Å²) < 4.78 is 11.9. The van der Waals surface area contributed by atoms with Crippen LogP contribution in [0.5, 0.6) is 5.75 Å². The lowest BCUT2D eigenvalue weighted by atomic mass is 10.1. The van der Waals surface area contributed by atoms with Gasteiger partial charge in [-0.15, -0.1) is 0 Å². The first kappa shape index (κ1) is 22.0. The Balaban J connectivity index is 1.86. The number of rotatable bonds is 7. The van der Waals surface area contributed by atoms with Gasteiger partial charge in [0, 0.05) is 40.8 Å². The average molecular weight is 447 g/mol. The third-order valence-electron chi connectivity index (χ3n) is 5.38. The smallest absolute Gasteiger partial charge is 0.137 e. The van der Waals surface area contributed by atoms with Gasteiger partial charge in [-0.2, -0.15) is 0 Å². The zero-order chi connectivity index (χ0) is 22.5. The third-order valence-corrected chi connectivity index (χ3v) is 5.63. The lowest BCUT2D eigenvalue weighted by Gasteiger charge is -2.20. The second kappa shape index (κ2) is 9.92. The summed E-state index contributed by atoms with van der Waals surface area (Å²) in [6.07, 6.45) is 0. The van der Waals surface area contributed by atoms with Crippen LogP contribution in [0.15, 0.2) is 82.2 Å². The molecule has 164 valence electrons. The minimum absolute atomic E-state index is 0.602. The van der Waals surface area contributed by atoms with Crippen molar-refractivity contribution >= 4 is 33.9 Å². The van der Waals surface area contributed by atoms with Gasteiger partial charge in [-0.25, -0.2) is 4.99 Å². The van der Waals surface area contributed by atoms with Crippen molar-refractivity contribution in [1.82, 2.24) is 0 Å². The molecule has 0 bridgehead atoms. The fourth-order valence-electron chi connectivity index (χ4n) is 3.72. The quantitative estimate of drug-likeness (QED) is 0.300. The van der Waals surface area contributed by atoms with Crippen LogP contribution in [-0.2, 0) is 0 Å². The predicted octanol–water partition coefficient (Wildman–Crippen LogP) is 7.23. The molecule has 5 heteroatoms. The van der Waals surface area contributed by atoms with Crippen molar-refractivity contribution in [3.63, 3.8) is 0 Å². The largest absolute Gasteiger partial charge is 0.494 e. The van der Waals surface area contributed by atoms with E-state index in [1.807, 2.05) is 55.5 Å². The Hall–Kier alpha value is -3.24. The zero-order valence-corrected chi connectivity index (χ0v) is 19.4. The molecule has 0 aliphatic heterocycles. The molecule has 0 radical (unpaired) electrons. The summed E-state index contributed by atoms with van der Waals surface area (Å²) in [6, 6.07) is 23.8. The Kier molecular flexibility index (Phi) is 6.81. The van der Waals surface area contributed by atoms with E-state index >= 15 is 0 Å². The van der Waals surface area contributed by atoms with Crippen molar-refractivity contribution in [2.45, 2.75) is 20.8 Å². The molecule has 4 nitrogen and oxygen atoms in total. The number of hydrogen-bond donors (Lipinski definition) is 0. The Morgan fingerprint density at radius 1 is 0.875 bits per heavy atom. The molecule has 32 heavy (non-hydrogen) atoms. The highest BCUT2D eigenvalue weighted by molar-refractivity contribution is 6.30. The second-order valence-corrected chi connectivity index (χ2v) is 7.83. The van der Waals surface area contributed by atoms with Crippen LogP contribution in [-0.4, -0.2) is 19.7 Å². The molecule has 0 saturated heterocycles. The number of benzene rings is 3. The lowest BCUT2D eigenvalue weighted by Crippen LogP contribution is -2.21. The van der Waals surface area contributed by atoms with Gasteiger partial charge in [0.2, 0.25) is 0 Å². The Morgan fingerprint density at radius 3 is 2.25 bits per heavy atom. The number of anilines is 1. The van der Waals surface area contributed by atoms with E-state index in [-0.39, 0.29) is 0 Å². The van der Waals surface area contributed by atoms with Crippen LogP contribution in [0.3, 0.4) is 0 Å². The maximum atomic E-state index is 6.21. The highest BCUT2D eigenvalue weighted by atomic mass is 35.5. The van der Waals surface area contributed by atoms with E-state index in [0.29, 0.717) is 11.6 Å². The van der Waals surface area contributed by atoms with Gasteiger partial charge < -0.3 is 14.1 Å². The SMILES string of the molecule is CCOc1ccc2oc(-c3ccc(Cl)cc3)cc(=Nc3ccc(N(CC)CC)cc3)c2c1. The molecular weight excluding hydrogens is 420 g/mol. The fourth-order valence-corrected chi connectivity index (χ4v) is 3.85. The second-order valence-electron chi connectivity index (χ2n) is 7.39. The van der Waals surface area contributed by atoms with Crippen LogP contribution in [0.1, 0.15) is 20.8 Å². The molecule has 0 aliphatic rings. The highest BCUT2D eigenvalue weighted by Crippen LogP contribution is 2.27. The molecule has 3 aromatic carbocycles. The van der Waals surface area contributed by atoms with Crippen LogP contribution in [0.4, 0.5) is 11.4 Å². The van der Waals surface area contributed by atoms with E-state index in [4.69, 9.17) is 25.7 Å². The molecule has 0 fully saturated rings. The Labute approximate surface area is 193 Å². The van der Waals surface area contributed by atoms with Crippen LogP contribution < -0.4 is 15.0 Å². The van der Waals surface area contributed by atoms with E-state index in [9.17, 15) is 0 Å². The molecule has 1 heterocycles. The van der Waals surface area contributed by atoms with Gasteiger partial charge in [0.25, 0.3) is 0 Å². The number of ether oxygens (including phenoxy) is 1. The molecule has 4 rings (SSSR count). The first-order valence-electron chi connectivity index (χ1n) is 11.0. The molecular formula is C27H27ClN2O2. The minimum atomic E-state index is 0.602. The van der Waals surface area contributed by atoms with Crippen molar-refractivity contribution < 1.29 is 9.15 Å². The van der Waals surface area contributed by atoms with Crippen molar-refractivity contribution in [2.24, 2.45) is 4.99 Å². The Morgan fingerprint density at radius 2 is 1.59 bits per heavy atom. The molecule has 0 unspecified atom stereocenters. The topological polar surface area (TPSA) is 38.0 Å². The first-order chi connectivity index (χ1) is 15.6. The van der Waals surface area contributed by atoms with Crippen LogP contribution >= 0.6 is 11.6 Å². The van der Waals surface area contributed by atoms with Crippen molar-refractivity contribution in [2.75, 3.05) is 24.6 Å². The molecule has 0 aliphatic carbocycles.